The number of hydrogen-bond donors (Lipinski definition) is 3. The second kappa shape index (κ2) is 9.93. The zero-order valence-corrected chi connectivity index (χ0v) is 19.6. The lowest BCUT2D eigenvalue weighted by Crippen LogP contribution is -2.41. The van der Waals surface area contributed by atoms with Gasteiger partial charge in [0.2, 0.25) is 0 Å². The van der Waals surface area contributed by atoms with Crippen molar-refractivity contribution < 1.29 is 9.18 Å². The maximum atomic E-state index is 14.0. The molecule has 174 valence electrons. The number of carbonyl (C=O) groups is 1. The van der Waals surface area contributed by atoms with Crippen LogP contribution in [0.4, 0.5) is 4.39 Å². The summed E-state index contributed by atoms with van der Waals surface area (Å²) in [5, 5.41) is 3.50. The van der Waals surface area contributed by atoms with Gasteiger partial charge < -0.3 is 26.6 Å². The molecule has 2 heterocycles. The molecule has 1 amide bonds. The first-order chi connectivity index (χ1) is 15.8. The van der Waals surface area contributed by atoms with Gasteiger partial charge in [0, 0.05) is 54.6 Å². The van der Waals surface area contributed by atoms with Crippen molar-refractivity contribution in [3.05, 3.63) is 86.5 Å². The molecule has 0 unspecified atom stereocenters. The summed E-state index contributed by atoms with van der Waals surface area (Å²) >= 11 is 12.5. The van der Waals surface area contributed by atoms with Gasteiger partial charge in [-0.3, -0.25) is 4.79 Å². The number of nitrogens with zero attached hydrogens (tertiary/aromatic N) is 2. The van der Waals surface area contributed by atoms with Crippen LogP contribution in [0.25, 0.3) is 5.70 Å². The van der Waals surface area contributed by atoms with Crippen LogP contribution in [0.1, 0.15) is 34.3 Å². The number of likely N-dealkylation sites (tertiary alicyclic amines) is 1. The Labute approximate surface area is 202 Å². The van der Waals surface area contributed by atoms with E-state index in [1.54, 1.807) is 18.2 Å². The lowest BCUT2D eigenvalue weighted by atomic mass is 10.1. The highest BCUT2D eigenvalue weighted by Crippen LogP contribution is 2.30. The molecule has 0 aliphatic carbocycles. The zero-order valence-electron chi connectivity index (χ0n) is 18.1. The number of amides is 1. The van der Waals surface area contributed by atoms with Gasteiger partial charge in [-0.15, -0.1) is 0 Å². The van der Waals surface area contributed by atoms with Crippen LogP contribution >= 0.6 is 23.2 Å². The Kier molecular flexibility index (Phi) is 7.00. The second-order valence-corrected chi connectivity index (χ2v) is 8.93. The number of nitrogens with two attached hydrogens (primary N) is 2. The van der Waals surface area contributed by atoms with E-state index < -0.39 is 5.82 Å². The van der Waals surface area contributed by atoms with E-state index in [1.807, 2.05) is 21.9 Å². The molecule has 2 aromatic rings. The van der Waals surface area contributed by atoms with E-state index in [4.69, 9.17) is 34.7 Å². The molecule has 0 radical (unpaired) electrons. The fourth-order valence-electron chi connectivity index (χ4n) is 4.08. The third-order valence-electron chi connectivity index (χ3n) is 5.95. The quantitative estimate of drug-likeness (QED) is 0.554. The van der Waals surface area contributed by atoms with Crippen molar-refractivity contribution in [2.75, 3.05) is 26.2 Å². The summed E-state index contributed by atoms with van der Waals surface area (Å²) < 4.78 is 14.0. The Balaban J connectivity index is 1.56. The van der Waals surface area contributed by atoms with E-state index in [1.165, 1.54) is 12.1 Å². The predicted molar refractivity (Wildman–Crippen MR) is 130 cm³/mol. The van der Waals surface area contributed by atoms with E-state index in [2.05, 4.69) is 5.32 Å². The number of carbonyl (C=O) groups excluding carboxylic acids is 1. The van der Waals surface area contributed by atoms with Gasteiger partial charge in [-0.1, -0.05) is 35.3 Å². The van der Waals surface area contributed by atoms with Crippen molar-refractivity contribution in [3.8, 4) is 0 Å². The highest BCUT2D eigenvalue weighted by atomic mass is 35.5. The highest BCUT2D eigenvalue weighted by molar-refractivity contribution is 6.36. The molecule has 1 fully saturated rings. The van der Waals surface area contributed by atoms with Crippen LogP contribution in [0.3, 0.4) is 0 Å². The van der Waals surface area contributed by atoms with Gasteiger partial charge in [0.05, 0.1) is 10.7 Å². The Hall–Kier alpha value is -2.90. The summed E-state index contributed by atoms with van der Waals surface area (Å²) in [6, 6.07) is 9.96. The topological polar surface area (TPSA) is 87.6 Å². The number of rotatable bonds is 5. The molecule has 2 aliphatic heterocycles. The van der Waals surface area contributed by atoms with Crippen LogP contribution in [0.2, 0.25) is 10.0 Å². The van der Waals surface area contributed by atoms with E-state index in [-0.39, 0.29) is 17.5 Å². The van der Waals surface area contributed by atoms with Gasteiger partial charge in [-0.05, 0) is 48.7 Å². The molecule has 33 heavy (non-hydrogen) atoms. The minimum atomic E-state index is -0.525. The molecule has 5 N–H and O–H groups in total. The molecular formula is C24H26Cl2FN5O. The van der Waals surface area contributed by atoms with Crippen LogP contribution < -0.4 is 16.8 Å². The first-order valence-corrected chi connectivity index (χ1v) is 11.6. The van der Waals surface area contributed by atoms with Crippen LogP contribution in [-0.4, -0.2) is 41.9 Å². The summed E-state index contributed by atoms with van der Waals surface area (Å²) in [4.78, 5) is 16.4. The van der Waals surface area contributed by atoms with Crippen molar-refractivity contribution in [1.82, 2.24) is 15.1 Å². The molecule has 0 spiro atoms. The Bertz CT molecular complexity index is 1110. The molecular weight excluding hydrogens is 464 g/mol. The molecule has 0 bridgehead atoms. The fraction of sp³-hybridized carbons (Fsp3) is 0.292. The number of allylic oxidation sites excluding steroid dienone is 1. The molecule has 6 nitrogen and oxygen atoms in total. The van der Waals surface area contributed by atoms with E-state index >= 15 is 0 Å². The largest absolute Gasteiger partial charge is 0.398 e. The third-order valence-corrected chi connectivity index (χ3v) is 6.72. The molecule has 4 rings (SSSR count). The Morgan fingerprint density at radius 2 is 1.73 bits per heavy atom. The summed E-state index contributed by atoms with van der Waals surface area (Å²) in [7, 11) is 0. The monoisotopic (exact) mass is 489 g/mol. The molecule has 2 aromatic carbocycles. The van der Waals surface area contributed by atoms with Crippen molar-refractivity contribution in [3.63, 3.8) is 0 Å². The average molecular weight is 490 g/mol. The maximum Gasteiger partial charge on any atom is 0.253 e. The molecule has 1 saturated heterocycles. The Morgan fingerprint density at radius 3 is 2.42 bits per heavy atom. The summed E-state index contributed by atoms with van der Waals surface area (Å²) in [6.07, 6.45) is 3.86. The van der Waals surface area contributed by atoms with Crippen LogP contribution in [0, 0.1) is 5.82 Å². The smallest absolute Gasteiger partial charge is 0.253 e. The molecule has 0 atom stereocenters. The van der Waals surface area contributed by atoms with Gasteiger partial charge in [0.1, 0.15) is 11.6 Å². The summed E-state index contributed by atoms with van der Waals surface area (Å²) in [5.41, 5.74) is 15.6. The lowest BCUT2D eigenvalue weighted by molar-refractivity contribution is 0.0793. The first kappa shape index (κ1) is 23.3. The zero-order chi connectivity index (χ0) is 23.5. The SMILES string of the molecule is NC1=C(/C=C(\N)c2ccc(C(=O)N3CCCC3)cc2)N(Cc2c(Cl)ccc(F)c2Cl)CCN1. The van der Waals surface area contributed by atoms with E-state index in [0.29, 0.717) is 46.5 Å². The highest BCUT2D eigenvalue weighted by Gasteiger charge is 2.22. The summed E-state index contributed by atoms with van der Waals surface area (Å²) in [5.74, 6) is -0.0305. The van der Waals surface area contributed by atoms with Gasteiger partial charge in [-0.2, -0.15) is 0 Å². The molecule has 0 aromatic heterocycles. The van der Waals surface area contributed by atoms with Gasteiger partial charge in [0.25, 0.3) is 5.91 Å². The number of nitrogens with one attached hydrogen (secondary N) is 1. The van der Waals surface area contributed by atoms with Crippen molar-refractivity contribution in [2.24, 2.45) is 11.5 Å². The maximum absolute atomic E-state index is 14.0. The lowest BCUT2D eigenvalue weighted by Gasteiger charge is -2.32. The minimum Gasteiger partial charge on any atom is -0.398 e. The molecule has 2 aliphatic rings. The van der Waals surface area contributed by atoms with Gasteiger partial charge >= 0.3 is 0 Å². The van der Waals surface area contributed by atoms with Gasteiger partial charge in [-0.25, -0.2) is 4.39 Å². The van der Waals surface area contributed by atoms with E-state index in [9.17, 15) is 9.18 Å². The fourth-order valence-corrected chi connectivity index (χ4v) is 4.57. The second-order valence-electron chi connectivity index (χ2n) is 8.15. The van der Waals surface area contributed by atoms with Gasteiger partial charge in [0.15, 0.2) is 0 Å². The van der Waals surface area contributed by atoms with Crippen molar-refractivity contribution in [2.45, 2.75) is 19.4 Å². The van der Waals surface area contributed by atoms with Crippen LogP contribution in [0.5, 0.6) is 0 Å². The van der Waals surface area contributed by atoms with E-state index in [0.717, 1.165) is 31.5 Å². The third kappa shape index (κ3) is 5.04. The molecule has 0 saturated carbocycles. The number of halogens is 3. The van der Waals surface area contributed by atoms with Crippen molar-refractivity contribution >= 4 is 34.8 Å². The van der Waals surface area contributed by atoms with Crippen LogP contribution in [-0.2, 0) is 6.54 Å². The standard InChI is InChI=1S/C24H26Cl2FN5O/c25-18-7-8-19(27)22(26)17(18)14-32-12-9-30-23(29)21(32)13-20(28)15-3-5-16(6-4-15)24(33)31-10-1-2-11-31/h3-8,13,30H,1-2,9-12,14,28-29H2/b20-13-. The normalized spacial score (nSPS) is 16.9. The predicted octanol–water partition coefficient (Wildman–Crippen LogP) is 3.90. The first-order valence-electron chi connectivity index (χ1n) is 10.8. The minimum absolute atomic E-state index is 0.00540. The Morgan fingerprint density at radius 1 is 1.06 bits per heavy atom. The number of benzene rings is 2. The molecule has 9 heteroatoms. The number of hydrogen-bond acceptors (Lipinski definition) is 5. The van der Waals surface area contributed by atoms with Crippen LogP contribution in [0.15, 0.2) is 54.0 Å². The average Bonchev–Trinajstić information content (AvgIpc) is 3.36. The van der Waals surface area contributed by atoms with Crippen molar-refractivity contribution in [1.29, 1.82) is 0 Å². The summed E-state index contributed by atoms with van der Waals surface area (Å²) in [6.45, 7) is 3.10.